The van der Waals surface area contributed by atoms with Gasteiger partial charge < -0.3 is 11.1 Å². The Morgan fingerprint density at radius 3 is 2.94 bits per heavy atom. The number of benzene rings is 1. The van der Waals surface area contributed by atoms with Gasteiger partial charge in [-0.1, -0.05) is 25.1 Å². The normalized spacial score (nSPS) is 16.4. The van der Waals surface area contributed by atoms with Gasteiger partial charge >= 0.3 is 0 Å². The van der Waals surface area contributed by atoms with Gasteiger partial charge in [0.1, 0.15) is 0 Å². The van der Waals surface area contributed by atoms with Crippen LogP contribution in [0.25, 0.3) is 0 Å². The first-order valence-electron chi connectivity index (χ1n) is 6.86. The van der Waals surface area contributed by atoms with Gasteiger partial charge in [0.05, 0.1) is 6.54 Å². The van der Waals surface area contributed by atoms with Crippen molar-refractivity contribution in [3.8, 4) is 0 Å². The van der Waals surface area contributed by atoms with Crippen LogP contribution in [0.4, 0.5) is 0 Å². The molecule has 0 fully saturated rings. The minimum atomic E-state index is 0.383. The molecule has 1 aliphatic carbocycles. The Morgan fingerprint density at radius 1 is 1.39 bits per heavy atom. The molecule has 0 aromatic heterocycles. The fourth-order valence-corrected chi connectivity index (χ4v) is 2.30. The maximum Gasteiger partial charge on any atom is 0.189 e. The Morgan fingerprint density at radius 2 is 2.17 bits per heavy atom. The number of hydrogen-bond donors (Lipinski definition) is 2. The van der Waals surface area contributed by atoms with Crippen LogP contribution in [0.1, 0.15) is 43.4 Å². The molecule has 18 heavy (non-hydrogen) atoms. The molecular weight excluding hydrogens is 222 g/mol. The van der Waals surface area contributed by atoms with Crippen molar-refractivity contribution in [1.29, 1.82) is 0 Å². The largest absolute Gasteiger partial charge is 0.370 e. The van der Waals surface area contributed by atoms with Crippen molar-refractivity contribution >= 4 is 5.96 Å². The summed E-state index contributed by atoms with van der Waals surface area (Å²) >= 11 is 0. The van der Waals surface area contributed by atoms with Crippen LogP contribution in [0.2, 0.25) is 0 Å². The van der Waals surface area contributed by atoms with E-state index in [9.17, 15) is 0 Å². The van der Waals surface area contributed by atoms with E-state index in [1.54, 1.807) is 0 Å². The van der Waals surface area contributed by atoms with Gasteiger partial charge in [0, 0.05) is 6.04 Å². The Bertz CT molecular complexity index is 437. The fraction of sp³-hybridized carbons (Fsp3) is 0.533. The summed E-state index contributed by atoms with van der Waals surface area (Å²) in [6.45, 7) is 4.91. The molecule has 3 N–H and O–H groups in total. The number of aryl methyl sites for hydroxylation is 2. The quantitative estimate of drug-likeness (QED) is 0.632. The maximum atomic E-state index is 5.85. The highest BCUT2D eigenvalue weighted by atomic mass is 15.1. The number of nitrogens with zero attached hydrogens (tertiary/aromatic N) is 1. The van der Waals surface area contributed by atoms with E-state index in [1.807, 2.05) is 0 Å². The highest BCUT2D eigenvalue weighted by Crippen LogP contribution is 2.22. The first kappa shape index (κ1) is 12.9. The molecule has 0 radical (unpaired) electrons. The Balaban J connectivity index is 1.95. The first-order chi connectivity index (χ1) is 8.69. The van der Waals surface area contributed by atoms with E-state index in [0.717, 1.165) is 6.42 Å². The lowest BCUT2D eigenvalue weighted by Gasteiger charge is -2.11. The average Bonchev–Trinajstić information content (AvgIpc) is 2.83. The Labute approximate surface area is 109 Å². The van der Waals surface area contributed by atoms with E-state index in [4.69, 9.17) is 5.73 Å². The van der Waals surface area contributed by atoms with E-state index in [0.29, 0.717) is 18.5 Å². The number of nitrogens with two attached hydrogens (primary N) is 1. The molecule has 0 heterocycles. The molecule has 0 saturated carbocycles. The third-order valence-corrected chi connectivity index (χ3v) is 3.60. The van der Waals surface area contributed by atoms with Crippen LogP contribution in [0.15, 0.2) is 23.2 Å². The van der Waals surface area contributed by atoms with Crippen molar-refractivity contribution in [1.82, 2.24) is 5.32 Å². The van der Waals surface area contributed by atoms with Crippen LogP contribution in [0.3, 0.4) is 0 Å². The number of hydrogen-bond acceptors (Lipinski definition) is 1. The second-order valence-corrected chi connectivity index (χ2v) is 5.11. The summed E-state index contributed by atoms with van der Waals surface area (Å²) in [5.41, 5.74) is 10.1. The molecule has 1 aromatic carbocycles. The zero-order valence-electron chi connectivity index (χ0n) is 11.4. The lowest BCUT2D eigenvalue weighted by Crippen LogP contribution is -2.38. The predicted octanol–water partition coefficient (Wildman–Crippen LogP) is 2.38. The van der Waals surface area contributed by atoms with Crippen LogP contribution in [-0.4, -0.2) is 12.0 Å². The Kier molecular flexibility index (Phi) is 4.24. The summed E-state index contributed by atoms with van der Waals surface area (Å²) in [6.07, 6.45) is 4.79. The van der Waals surface area contributed by atoms with E-state index in [-0.39, 0.29) is 0 Å². The standard InChI is InChI=1S/C15H23N3/c1-3-11(2)18-15(16)17-10-12-7-8-13-5-4-6-14(13)9-12/h7-9,11H,3-6,10H2,1-2H3,(H3,16,17,18). The topological polar surface area (TPSA) is 50.4 Å². The number of guanidine groups is 1. The SMILES string of the molecule is CCC(C)NC(N)=NCc1ccc2c(c1)CCC2. The highest BCUT2D eigenvalue weighted by molar-refractivity contribution is 5.78. The third-order valence-electron chi connectivity index (χ3n) is 3.60. The number of rotatable bonds is 4. The van der Waals surface area contributed by atoms with Crippen molar-refractivity contribution in [2.75, 3.05) is 0 Å². The molecule has 98 valence electrons. The van der Waals surface area contributed by atoms with Gasteiger partial charge in [0.15, 0.2) is 5.96 Å². The Hall–Kier alpha value is -1.51. The lowest BCUT2D eigenvalue weighted by atomic mass is 10.1. The van der Waals surface area contributed by atoms with Gasteiger partial charge in [-0.2, -0.15) is 0 Å². The maximum absolute atomic E-state index is 5.85. The van der Waals surface area contributed by atoms with Crippen molar-refractivity contribution in [3.63, 3.8) is 0 Å². The van der Waals surface area contributed by atoms with Gasteiger partial charge in [-0.25, -0.2) is 4.99 Å². The van der Waals surface area contributed by atoms with E-state index >= 15 is 0 Å². The molecule has 0 amide bonds. The zero-order valence-corrected chi connectivity index (χ0v) is 11.4. The molecular formula is C15H23N3. The van der Waals surface area contributed by atoms with Crippen molar-refractivity contribution in [2.45, 2.75) is 52.1 Å². The van der Waals surface area contributed by atoms with Crippen molar-refractivity contribution in [3.05, 3.63) is 34.9 Å². The van der Waals surface area contributed by atoms with Crippen LogP contribution in [0.5, 0.6) is 0 Å². The minimum absolute atomic E-state index is 0.383. The third kappa shape index (κ3) is 3.25. The summed E-state index contributed by atoms with van der Waals surface area (Å²) < 4.78 is 0. The molecule has 0 spiro atoms. The van der Waals surface area contributed by atoms with Gasteiger partial charge in [-0.3, -0.25) is 0 Å². The average molecular weight is 245 g/mol. The lowest BCUT2D eigenvalue weighted by molar-refractivity contribution is 0.636. The monoisotopic (exact) mass is 245 g/mol. The second kappa shape index (κ2) is 5.89. The van der Waals surface area contributed by atoms with Crippen molar-refractivity contribution < 1.29 is 0 Å². The molecule has 2 rings (SSSR count). The van der Waals surface area contributed by atoms with Crippen LogP contribution in [-0.2, 0) is 19.4 Å². The summed E-state index contributed by atoms with van der Waals surface area (Å²) in [5.74, 6) is 0.546. The molecule has 0 saturated heterocycles. The summed E-state index contributed by atoms with van der Waals surface area (Å²) in [5, 5.41) is 3.18. The highest BCUT2D eigenvalue weighted by Gasteiger charge is 2.10. The van der Waals surface area contributed by atoms with E-state index in [1.165, 1.54) is 36.0 Å². The van der Waals surface area contributed by atoms with Crippen LogP contribution < -0.4 is 11.1 Å². The van der Waals surface area contributed by atoms with Gasteiger partial charge in [-0.15, -0.1) is 0 Å². The number of nitrogens with one attached hydrogen (secondary N) is 1. The summed E-state index contributed by atoms with van der Waals surface area (Å²) in [4.78, 5) is 4.39. The summed E-state index contributed by atoms with van der Waals surface area (Å²) in [7, 11) is 0. The molecule has 1 unspecified atom stereocenters. The van der Waals surface area contributed by atoms with E-state index in [2.05, 4.69) is 42.4 Å². The molecule has 1 aromatic rings. The van der Waals surface area contributed by atoms with Gasteiger partial charge in [0.25, 0.3) is 0 Å². The van der Waals surface area contributed by atoms with Crippen LogP contribution >= 0.6 is 0 Å². The molecule has 0 aliphatic heterocycles. The first-order valence-corrected chi connectivity index (χ1v) is 6.86. The summed E-state index contributed by atoms with van der Waals surface area (Å²) in [6, 6.07) is 7.08. The zero-order chi connectivity index (χ0) is 13.0. The second-order valence-electron chi connectivity index (χ2n) is 5.11. The molecule has 3 heteroatoms. The van der Waals surface area contributed by atoms with Crippen molar-refractivity contribution in [2.24, 2.45) is 10.7 Å². The van der Waals surface area contributed by atoms with Gasteiger partial charge in [-0.05, 0) is 49.3 Å². The van der Waals surface area contributed by atoms with E-state index < -0.39 is 0 Å². The molecule has 3 nitrogen and oxygen atoms in total. The van der Waals surface area contributed by atoms with Gasteiger partial charge in [0.2, 0.25) is 0 Å². The fourth-order valence-electron chi connectivity index (χ4n) is 2.30. The molecule has 1 atom stereocenters. The predicted molar refractivity (Wildman–Crippen MR) is 76.7 cm³/mol. The number of aliphatic imine (C=N–C) groups is 1. The number of fused-ring (bicyclic) bond motifs is 1. The smallest absolute Gasteiger partial charge is 0.189 e. The van der Waals surface area contributed by atoms with Crippen LogP contribution in [0, 0.1) is 0 Å². The minimum Gasteiger partial charge on any atom is -0.370 e. The molecule has 0 bridgehead atoms. The molecule has 1 aliphatic rings.